The molecule has 0 saturated heterocycles. The Bertz CT molecular complexity index is 1140. The number of carboxylic acids is 1. The van der Waals surface area contributed by atoms with Crippen LogP contribution in [-0.4, -0.2) is 35.6 Å². The number of sulfonamides is 1. The maximum Gasteiger partial charge on any atom is 0.303 e. The molecule has 0 atom stereocenters. The number of hydrogen-bond donors (Lipinski definition) is 2. The van der Waals surface area contributed by atoms with Crippen molar-refractivity contribution in [1.29, 1.82) is 0 Å². The van der Waals surface area contributed by atoms with Crippen molar-refractivity contribution in [2.45, 2.75) is 30.6 Å². The van der Waals surface area contributed by atoms with Crippen LogP contribution >= 0.6 is 11.6 Å². The van der Waals surface area contributed by atoms with Gasteiger partial charge in [-0.3, -0.25) is 9.78 Å². The zero-order valence-electron chi connectivity index (χ0n) is 17.1. The van der Waals surface area contributed by atoms with E-state index in [1.165, 1.54) is 24.3 Å². The van der Waals surface area contributed by atoms with E-state index in [9.17, 15) is 13.2 Å². The van der Waals surface area contributed by atoms with E-state index in [0.29, 0.717) is 24.3 Å². The summed E-state index contributed by atoms with van der Waals surface area (Å²) in [6.07, 6.45) is 5.03. The van der Waals surface area contributed by atoms with E-state index in [0.717, 1.165) is 22.5 Å². The molecule has 0 fully saturated rings. The van der Waals surface area contributed by atoms with E-state index in [2.05, 4.69) is 9.71 Å². The van der Waals surface area contributed by atoms with Crippen molar-refractivity contribution in [1.82, 2.24) is 14.3 Å². The highest BCUT2D eigenvalue weighted by atomic mass is 35.5. The first-order valence-corrected chi connectivity index (χ1v) is 11.6. The molecule has 2 N–H and O–H groups in total. The SMILES string of the molecule is Cn1c(CCC(=O)O)cc(Cc2cccnc2)c1CCNS(=O)(=O)c1ccc(Cl)cc1. The number of halogens is 1. The summed E-state index contributed by atoms with van der Waals surface area (Å²) in [4.78, 5) is 15.3. The van der Waals surface area contributed by atoms with E-state index >= 15 is 0 Å². The summed E-state index contributed by atoms with van der Waals surface area (Å²) >= 11 is 5.84. The van der Waals surface area contributed by atoms with Crippen LogP contribution in [0.3, 0.4) is 0 Å². The lowest BCUT2D eigenvalue weighted by molar-refractivity contribution is -0.136. The largest absolute Gasteiger partial charge is 0.481 e. The molecule has 3 rings (SSSR count). The van der Waals surface area contributed by atoms with Crippen LogP contribution in [0, 0.1) is 0 Å². The first kappa shape index (κ1) is 23.0. The lowest BCUT2D eigenvalue weighted by atomic mass is 10.0. The standard InChI is InChI=1S/C22H24ClN3O4S/c1-26-19(6-9-22(27)28)14-17(13-16-3-2-11-24-15-16)21(26)10-12-25-31(29,30)20-7-4-18(23)5-8-20/h2-5,7-8,11,14-15,25H,6,9-10,12-13H2,1H3,(H,27,28). The van der Waals surface area contributed by atoms with E-state index < -0.39 is 16.0 Å². The van der Waals surface area contributed by atoms with E-state index in [4.69, 9.17) is 16.7 Å². The molecule has 0 radical (unpaired) electrons. The highest BCUT2D eigenvalue weighted by Gasteiger charge is 2.17. The molecule has 0 aliphatic heterocycles. The Morgan fingerprint density at radius 1 is 1.19 bits per heavy atom. The van der Waals surface area contributed by atoms with E-state index in [1.54, 1.807) is 12.4 Å². The molecule has 0 aliphatic rings. The lowest BCUT2D eigenvalue weighted by Crippen LogP contribution is -2.26. The minimum atomic E-state index is -3.65. The molecule has 0 aliphatic carbocycles. The van der Waals surface area contributed by atoms with Gasteiger partial charge in [0, 0.05) is 55.2 Å². The predicted molar refractivity (Wildman–Crippen MR) is 119 cm³/mol. The summed E-state index contributed by atoms with van der Waals surface area (Å²) in [5, 5.41) is 9.50. The fraction of sp³-hybridized carbons (Fsp3) is 0.273. The molecule has 0 bridgehead atoms. The molecule has 9 heteroatoms. The number of rotatable bonds is 10. The van der Waals surface area contributed by atoms with Crippen molar-refractivity contribution >= 4 is 27.6 Å². The van der Waals surface area contributed by atoms with Gasteiger partial charge >= 0.3 is 5.97 Å². The minimum absolute atomic E-state index is 0.0345. The number of aryl methyl sites for hydroxylation is 1. The summed E-state index contributed by atoms with van der Waals surface area (Å²) in [6, 6.07) is 11.8. The summed E-state index contributed by atoms with van der Waals surface area (Å²) in [5.74, 6) is -0.854. The van der Waals surface area contributed by atoms with Crippen molar-refractivity contribution in [3.8, 4) is 0 Å². The van der Waals surface area contributed by atoms with Gasteiger partial charge in [-0.2, -0.15) is 0 Å². The van der Waals surface area contributed by atoms with Crippen LogP contribution in [0.15, 0.2) is 59.8 Å². The number of benzene rings is 1. The first-order valence-electron chi connectivity index (χ1n) is 9.78. The Kier molecular flexibility index (Phi) is 7.48. The third-order valence-corrected chi connectivity index (χ3v) is 6.77. The van der Waals surface area contributed by atoms with Gasteiger partial charge in [-0.1, -0.05) is 17.7 Å². The van der Waals surface area contributed by atoms with Crippen LogP contribution in [0.5, 0.6) is 0 Å². The highest BCUT2D eigenvalue weighted by Crippen LogP contribution is 2.21. The molecular weight excluding hydrogens is 438 g/mol. The third kappa shape index (κ3) is 6.16. The minimum Gasteiger partial charge on any atom is -0.481 e. The zero-order chi connectivity index (χ0) is 22.4. The molecule has 2 aromatic heterocycles. The van der Waals surface area contributed by atoms with Gasteiger partial charge in [-0.05, 0) is 53.9 Å². The molecule has 2 heterocycles. The number of aromatic nitrogens is 2. The predicted octanol–water partition coefficient (Wildman–Crippen LogP) is 3.20. The summed E-state index contributed by atoms with van der Waals surface area (Å²) in [6.45, 7) is 0.210. The fourth-order valence-electron chi connectivity index (χ4n) is 3.45. The van der Waals surface area contributed by atoms with E-state index in [-0.39, 0.29) is 17.9 Å². The Labute approximate surface area is 186 Å². The summed E-state index contributed by atoms with van der Waals surface area (Å²) in [7, 11) is -1.77. The fourth-order valence-corrected chi connectivity index (χ4v) is 4.61. The molecule has 164 valence electrons. The van der Waals surface area contributed by atoms with Crippen molar-refractivity contribution in [2.24, 2.45) is 7.05 Å². The Balaban J connectivity index is 1.77. The zero-order valence-corrected chi connectivity index (χ0v) is 18.7. The molecule has 0 amide bonds. The van der Waals surface area contributed by atoms with Gasteiger partial charge in [-0.25, -0.2) is 13.1 Å². The van der Waals surface area contributed by atoms with Gasteiger partial charge in [0.05, 0.1) is 11.3 Å². The number of nitrogens with one attached hydrogen (secondary N) is 1. The van der Waals surface area contributed by atoms with Crippen molar-refractivity contribution < 1.29 is 18.3 Å². The average molecular weight is 462 g/mol. The van der Waals surface area contributed by atoms with Gasteiger partial charge in [0.2, 0.25) is 10.0 Å². The lowest BCUT2D eigenvalue weighted by Gasteiger charge is -2.11. The Morgan fingerprint density at radius 2 is 1.94 bits per heavy atom. The van der Waals surface area contributed by atoms with Gasteiger partial charge < -0.3 is 9.67 Å². The highest BCUT2D eigenvalue weighted by molar-refractivity contribution is 7.89. The molecule has 3 aromatic rings. The van der Waals surface area contributed by atoms with Gasteiger partial charge in [-0.15, -0.1) is 0 Å². The summed E-state index contributed by atoms with van der Waals surface area (Å²) in [5.41, 5.74) is 3.92. The number of nitrogens with zero attached hydrogens (tertiary/aromatic N) is 2. The molecule has 0 unspecified atom stereocenters. The van der Waals surface area contributed by atoms with Crippen LogP contribution in [0.1, 0.15) is 28.9 Å². The molecule has 31 heavy (non-hydrogen) atoms. The van der Waals surface area contributed by atoms with Crippen molar-refractivity contribution in [3.05, 3.63) is 82.4 Å². The second-order valence-corrected chi connectivity index (χ2v) is 9.40. The maximum atomic E-state index is 12.5. The quantitative estimate of drug-likeness (QED) is 0.482. The van der Waals surface area contributed by atoms with Crippen LogP contribution in [0.2, 0.25) is 5.02 Å². The van der Waals surface area contributed by atoms with Gasteiger partial charge in [0.25, 0.3) is 0 Å². The number of carboxylic acid groups (broad SMARTS) is 1. The normalized spacial score (nSPS) is 11.5. The summed E-state index contributed by atoms with van der Waals surface area (Å²) < 4.78 is 29.7. The number of carbonyl (C=O) groups is 1. The second kappa shape index (κ2) is 10.1. The molecule has 0 saturated carbocycles. The maximum absolute atomic E-state index is 12.5. The number of pyridine rings is 1. The molecule has 1 aromatic carbocycles. The smallest absolute Gasteiger partial charge is 0.303 e. The number of hydrogen-bond acceptors (Lipinski definition) is 4. The molecular formula is C22H24ClN3O4S. The second-order valence-electron chi connectivity index (χ2n) is 7.20. The third-order valence-electron chi connectivity index (χ3n) is 5.04. The van der Waals surface area contributed by atoms with Gasteiger partial charge in [0.1, 0.15) is 0 Å². The Morgan fingerprint density at radius 3 is 2.58 bits per heavy atom. The average Bonchev–Trinajstić information content (AvgIpc) is 3.02. The van der Waals surface area contributed by atoms with Gasteiger partial charge in [0.15, 0.2) is 0 Å². The first-order chi connectivity index (χ1) is 14.8. The van der Waals surface area contributed by atoms with E-state index in [1.807, 2.05) is 29.8 Å². The topological polar surface area (TPSA) is 101 Å². The van der Waals surface area contributed by atoms with Crippen LogP contribution in [-0.2, 0) is 41.1 Å². The molecule has 7 nitrogen and oxygen atoms in total. The van der Waals surface area contributed by atoms with Crippen LogP contribution in [0.25, 0.3) is 0 Å². The van der Waals surface area contributed by atoms with Crippen molar-refractivity contribution in [3.63, 3.8) is 0 Å². The molecule has 0 spiro atoms. The van der Waals surface area contributed by atoms with Crippen LogP contribution in [0.4, 0.5) is 0 Å². The monoisotopic (exact) mass is 461 g/mol. The van der Waals surface area contributed by atoms with Crippen molar-refractivity contribution in [2.75, 3.05) is 6.54 Å². The number of aliphatic carboxylic acids is 1. The Hall–Kier alpha value is -2.68. The van der Waals surface area contributed by atoms with Crippen LogP contribution < -0.4 is 4.72 Å².